The second-order valence-corrected chi connectivity index (χ2v) is 25.6. The molecule has 26 nitrogen and oxygen atoms in total. The third kappa shape index (κ3) is 14.3. The van der Waals surface area contributed by atoms with E-state index in [1.54, 1.807) is 86.6 Å². The normalized spacial score (nSPS) is 24.8. The number of nitrogens with one attached hydrogen (secondary N) is 2. The van der Waals surface area contributed by atoms with Gasteiger partial charge in [-0.05, 0) is 98.2 Å². The smallest absolute Gasteiger partial charge is 0.459 e. The summed E-state index contributed by atoms with van der Waals surface area (Å²) >= 11 is 0. The molecule has 6 aromatic rings. The van der Waals surface area contributed by atoms with Gasteiger partial charge in [0.1, 0.15) is 108 Å². The molecular formula is C54H74F2N10O16P2. The number of nitrogens with zero attached hydrogens (tertiary/aromatic N) is 6. The highest BCUT2D eigenvalue weighted by molar-refractivity contribution is 7.52. The van der Waals surface area contributed by atoms with Gasteiger partial charge in [0.2, 0.25) is 0 Å². The Morgan fingerprint density at radius 1 is 0.631 bits per heavy atom. The second kappa shape index (κ2) is 26.2. The summed E-state index contributed by atoms with van der Waals surface area (Å²) in [6.07, 6.45) is -6.95. The van der Waals surface area contributed by atoms with Crippen LogP contribution in [0.15, 0.2) is 85.5 Å². The number of halogens is 2. The molecule has 2 saturated heterocycles. The lowest BCUT2D eigenvalue weighted by Gasteiger charge is -2.31. The quantitative estimate of drug-likeness (QED) is 0.0298. The van der Waals surface area contributed by atoms with Crippen LogP contribution in [0.1, 0.15) is 104 Å². The van der Waals surface area contributed by atoms with Gasteiger partial charge in [0.05, 0.1) is 37.8 Å². The van der Waals surface area contributed by atoms with E-state index in [-0.39, 0.29) is 58.6 Å². The van der Waals surface area contributed by atoms with Gasteiger partial charge in [-0.25, -0.2) is 36.9 Å². The van der Waals surface area contributed by atoms with E-state index in [1.165, 1.54) is 35.5 Å². The van der Waals surface area contributed by atoms with Crippen LogP contribution in [0.5, 0.6) is 11.5 Å². The van der Waals surface area contributed by atoms with Crippen molar-refractivity contribution < 1.29 is 85.0 Å². The molecule has 6 heterocycles. The lowest BCUT2D eigenvalue weighted by atomic mass is 9.87. The summed E-state index contributed by atoms with van der Waals surface area (Å²) in [5.41, 5.74) is 10.5. The fourth-order valence-electron chi connectivity index (χ4n) is 9.11. The third-order valence-electron chi connectivity index (χ3n) is 14.0. The molecule has 8 rings (SSSR count). The number of aromatic nitrogens is 6. The summed E-state index contributed by atoms with van der Waals surface area (Å²) in [7, 11) is -8.89. The van der Waals surface area contributed by atoms with Crippen LogP contribution < -0.4 is 30.7 Å². The number of ether oxygens (including phenoxy) is 4. The molecule has 2 aliphatic heterocycles. The summed E-state index contributed by atoms with van der Waals surface area (Å²) < 4.78 is 104. The zero-order valence-corrected chi connectivity index (χ0v) is 49.9. The minimum Gasteiger partial charge on any atom is -0.465 e. The molecule has 0 unspecified atom stereocenters. The molecule has 0 saturated carbocycles. The summed E-state index contributed by atoms with van der Waals surface area (Å²) in [5.74, 6) is -0.817. The molecule has 10 N–H and O–H groups in total. The monoisotopic (exact) mass is 1220 g/mol. The molecule has 30 heteroatoms. The molecule has 2 fully saturated rings. The molecule has 0 bridgehead atoms. The standard InChI is InChI=1S/2C27H37FN5O8P/c2*1-6-38-25(36)16(2)32-42(37,41-18-9-7-17(8-10-18)26(3,4)5)39-14-27(13-28)23(35)21(34)22(40-27)19-11-12-20-24(29)30-15-31-33(19)20/h2*7-12,15-16,21-23,34-35H,6,13-14H2,1-5H3,(H,32,37)(H2,29,30,31)/t16-,21-,22-,23-,27+,42+;16-,21-,22-,23-,27+,42-/m00/s1. The average molecular weight is 1220 g/mol. The zero-order valence-electron chi connectivity index (χ0n) is 48.1. The van der Waals surface area contributed by atoms with Crippen molar-refractivity contribution in [3.05, 3.63) is 108 Å². The van der Waals surface area contributed by atoms with Gasteiger partial charge >= 0.3 is 27.4 Å². The van der Waals surface area contributed by atoms with Crippen LogP contribution >= 0.6 is 15.5 Å². The Kier molecular flexibility index (Phi) is 20.3. The average Bonchev–Trinajstić information content (AvgIpc) is 3.29. The molecule has 460 valence electrons. The maximum Gasteiger partial charge on any atom is 0.459 e. The number of carbonyl (C=O) groups excluding carboxylic acids is 2. The van der Waals surface area contributed by atoms with Gasteiger partial charge in [-0.3, -0.25) is 18.6 Å². The van der Waals surface area contributed by atoms with Gasteiger partial charge in [0.25, 0.3) is 0 Å². The van der Waals surface area contributed by atoms with Crippen LogP contribution in [-0.2, 0) is 57.5 Å². The van der Waals surface area contributed by atoms with E-state index in [1.807, 2.05) is 41.5 Å². The first-order valence-corrected chi connectivity index (χ1v) is 29.9. The van der Waals surface area contributed by atoms with Crippen molar-refractivity contribution in [3.8, 4) is 11.5 Å². The van der Waals surface area contributed by atoms with Crippen molar-refractivity contribution in [1.82, 2.24) is 39.4 Å². The molecule has 2 aromatic carbocycles. The highest BCUT2D eigenvalue weighted by atomic mass is 31.2. The van der Waals surface area contributed by atoms with Crippen molar-refractivity contribution in [2.24, 2.45) is 0 Å². The molecule has 4 aromatic heterocycles. The highest BCUT2D eigenvalue weighted by Crippen LogP contribution is 2.51. The number of aliphatic hydroxyl groups excluding tert-OH is 4. The van der Waals surface area contributed by atoms with E-state index in [4.69, 9.17) is 48.5 Å². The summed E-state index contributed by atoms with van der Waals surface area (Å²) in [6.45, 7) is 14.1. The number of hydrogen-bond donors (Lipinski definition) is 8. The highest BCUT2D eigenvalue weighted by Gasteiger charge is 2.58. The number of benzene rings is 2. The molecule has 0 aliphatic carbocycles. The maximum absolute atomic E-state index is 14.7. The van der Waals surface area contributed by atoms with E-state index in [0.29, 0.717) is 11.0 Å². The minimum atomic E-state index is -4.44. The van der Waals surface area contributed by atoms with Gasteiger partial charge in [0, 0.05) is 0 Å². The molecule has 0 spiro atoms. The molecule has 2 aliphatic rings. The van der Waals surface area contributed by atoms with Crippen molar-refractivity contribution in [1.29, 1.82) is 0 Å². The Hall–Kier alpha value is -6.26. The van der Waals surface area contributed by atoms with Crippen LogP contribution in [0.4, 0.5) is 20.4 Å². The van der Waals surface area contributed by atoms with Crippen LogP contribution in [0, 0.1) is 0 Å². The SMILES string of the molecule is CCOC(=O)[C@H](C)N[P@@](=O)(OC[C@@]1(CF)O[C@@H](c2ccc3c(N)ncnn23)[C@H](O)[C@@H]1O)Oc1ccc(C(C)(C)C)cc1.CCOC(=O)[C@H](C)N[P@](=O)(OC[C@@]1(CF)O[C@@H](c2ccc3c(N)ncnn23)[C@H](O)[C@@H]1O)Oc1ccc(C(C)(C)C)cc1. The van der Waals surface area contributed by atoms with E-state index in [2.05, 4.69) is 30.3 Å². The van der Waals surface area contributed by atoms with E-state index in [9.17, 15) is 47.9 Å². The Bertz CT molecular complexity index is 3110. The fourth-order valence-corrected chi connectivity index (χ4v) is 12.2. The van der Waals surface area contributed by atoms with Gasteiger partial charge < -0.3 is 59.9 Å². The van der Waals surface area contributed by atoms with E-state index < -0.39 is 114 Å². The van der Waals surface area contributed by atoms with Gasteiger partial charge in [0.15, 0.2) is 11.6 Å². The summed E-state index contributed by atoms with van der Waals surface area (Å²) in [5, 5.41) is 56.9. The molecular weight excluding hydrogens is 1140 g/mol. The first kappa shape index (κ1) is 65.3. The first-order chi connectivity index (χ1) is 39.5. The van der Waals surface area contributed by atoms with Gasteiger partial charge in [-0.2, -0.15) is 20.4 Å². The Labute approximate surface area is 483 Å². The van der Waals surface area contributed by atoms with Crippen molar-refractivity contribution in [3.63, 3.8) is 0 Å². The molecule has 12 atom stereocenters. The van der Waals surface area contributed by atoms with Gasteiger partial charge in [-0.15, -0.1) is 0 Å². The summed E-state index contributed by atoms with van der Waals surface area (Å²) in [4.78, 5) is 32.4. The maximum atomic E-state index is 14.7. The van der Waals surface area contributed by atoms with Crippen LogP contribution in [0.3, 0.4) is 0 Å². The number of anilines is 2. The largest absolute Gasteiger partial charge is 0.465 e. The van der Waals surface area contributed by atoms with E-state index in [0.717, 1.165) is 11.1 Å². The Morgan fingerprint density at radius 3 is 1.29 bits per heavy atom. The number of rotatable bonds is 22. The fraction of sp³-hybridized carbons (Fsp3) is 0.519. The van der Waals surface area contributed by atoms with Crippen LogP contribution in [0.2, 0.25) is 0 Å². The lowest BCUT2D eigenvalue weighted by Crippen LogP contribution is -2.49. The second-order valence-electron chi connectivity index (χ2n) is 22.2. The number of hydrogen-bond acceptors (Lipinski definition) is 22. The van der Waals surface area contributed by atoms with Crippen LogP contribution in [-0.4, -0.2) is 149 Å². The van der Waals surface area contributed by atoms with Crippen LogP contribution in [0.25, 0.3) is 11.0 Å². The Balaban J connectivity index is 0.000000241. The van der Waals surface area contributed by atoms with E-state index >= 15 is 0 Å². The lowest BCUT2D eigenvalue weighted by molar-refractivity contribution is -0.145. The molecule has 0 amide bonds. The number of esters is 2. The number of nitrogen functional groups attached to an aromatic ring is 2. The number of alkyl halides is 2. The number of carbonyl (C=O) groups is 2. The molecule has 0 radical (unpaired) electrons. The molecule has 84 heavy (non-hydrogen) atoms. The predicted octanol–water partition coefficient (Wildman–Crippen LogP) is 5.71. The van der Waals surface area contributed by atoms with Crippen molar-refractivity contribution in [2.75, 3.05) is 51.2 Å². The number of nitrogens with two attached hydrogens (primary N) is 2. The van der Waals surface area contributed by atoms with Gasteiger partial charge in [-0.1, -0.05) is 65.8 Å². The zero-order chi connectivity index (χ0) is 61.7. The number of fused-ring (bicyclic) bond motifs is 2. The minimum absolute atomic E-state index is 0.0837. The first-order valence-electron chi connectivity index (χ1n) is 26.8. The third-order valence-corrected chi connectivity index (χ3v) is 17.2. The summed E-state index contributed by atoms with van der Waals surface area (Å²) in [6, 6.07) is 17.5. The number of aliphatic hydroxyl groups is 4. The van der Waals surface area contributed by atoms with Crippen molar-refractivity contribution >= 4 is 50.1 Å². The Morgan fingerprint density at radius 2 is 0.976 bits per heavy atom. The topological polar surface area (TPSA) is 360 Å². The predicted molar refractivity (Wildman–Crippen MR) is 301 cm³/mol. The van der Waals surface area contributed by atoms with Crippen molar-refractivity contribution in [2.45, 2.75) is 140 Å².